The van der Waals surface area contributed by atoms with Crippen LogP contribution in [0.1, 0.15) is 16.8 Å². The number of carbonyl (C=O) groups excluding carboxylic acids is 1. The second-order valence-electron chi connectivity index (χ2n) is 5.17. The smallest absolute Gasteiger partial charge is 0.349 e. The normalized spacial score (nSPS) is 10.7. The molecule has 2 rings (SSSR count). The maximum atomic E-state index is 12.1. The van der Waals surface area contributed by atoms with Crippen molar-refractivity contribution in [2.75, 3.05) is 27.2 Å². The molecule has 0 aliphatic carbocycles. The van der Waals surface area contributed by atoms with Crippen LogP contribution in [0.5, 0.6) is 0 Å². The summed E-state index contributed by atoms with van der Waals surface area (Å²) in [6.07, 6.45) is 0.787. The summed E-state index contributed by atoms with van der Waals surface area (Å²) in [5, 5.41) is 3.85. The maximum Gasteiger partial charge on any atom is 0.349 e. The van der Waals surface area contributed by atoms with Crippen LogP contribution in [0, 0.1) is 0 Å². The van der Waals surface area contributed by atoms with Crippen molar-refractivity contribution >= 4 is 40.1 Å². The fraction of sp³-hybridized carbons (Fsp3) is 0.333. The van der Waals surface area contributed by atoms with Crippen molar-refractivity contribution in [3.8, 4) is 0 Å². The Morgan fingerprint density at radius 1 is 1.26 bits per heavy atom. The Hall–Kier alpha value is -1.27. The quantitative estimate of drug-likeness (QED) is 0.577. The minimum Gasteiger partial charge on any atom is -1.00 e. The van der Waals surface area contributed by atoms with E-state index in [-0.39, 0.29) is 28.6 Å². The summed E-state index contributed by atoms with van der Waals surface area (Å²) in [5.74, 6) is -0.467. The van der Waals surface area contributed by atoms with E-state index in [0.29, 0.717) is 17.0 Å². The van der Waals surface area contributed by atoms with Crippen LogP contribution in [0.25, 0.3) is 11.0 Å². The average Bonchev–Trinajstić information content (AvgIpc) is 2.43. The molecule has 1 heterocycles. The molecule has 0 spiro atoms. The first-order valence-electron chi connectivity index (χ1n) is 6.74. The van der Waals surface area contributed by atoms with E-state index in [2.05, 4.69) is 5.32 Å². The van der Waals surface area contributed by atoms with Crippen molar-refractivity contribution in [1.82, 2.24) is 10.2 Å². The SMILES string of the molecule is CN(C)CCCNC(=O)c1cc2cc(Cl)cc(Cl)c2oc1=O.[Cl-]. The summed E-state index contributed by atoms with van der Waals surface area (Å²) < 4.78 is 5.13. The highest BCUT2D eigenvalue weighted by molar-refractivity contribution is 6.38. The molecule has 0 aliphatic rings. The van der Waals surface area contributed by atoms with Gasteiger partial charge in [0.2, 0.25) is 0 Å². The van der Waals surface area contributed by atoms with Gasteiger partial charge in [0.15, 0.2) is 5.58 Å². The van der Waals surface area contributed by atoms with Crippen molar-refractivity contribution < 1.29 is 21.6 Å². The molecule has 1 aromatic heterocycles. The van der Waals surface area contributed by atoms with Crippen molar-refractivity contribution in [2.24, 2.45) is 0 Å². The van der Waals surface area contributed by atoms with Crippen LogP contribution in [-0.2, 0) is 0 Å². The lowest BCUT2D eigenvalue weighted by Crippen LogP contribution is -3.00. The van der Waals surface area contributed by atoms with Gasteiger partial charge in [-0.25, -0.2) is 4.79 Å². The van der Waals surface area contributed by atoms with Crippen LogP contribution in [0.15, 0.2) is 27.4 Å². The number of carbonyl (C=O) groups is 1. The van der Waals surface area contributed by atoms with Gasteiger partial charge in [-0.1, -0.05) is 23.2 Å². The maximum absolute atomic E-state index is 12.1. The standard InChI is InChI=1S/C15H16Cl2N2O3.ClH/c1-19(2)5-3-4-18-14(20)11-7-9-6-10(16)8-12(17)13(9)22-15(11)21;/h6-8H,3-5H2,1-2H3,(H,18,20);1H/p-1. The van der Waals surface area contributed by atoms with E-state index in [1.54, 1.807) is 6.07 Å². The molecule has 1 amide bonds. The molecule has 0 atom stereocenters. The number of amides is 1. The van der Waals surface area contributed by atoms with E-state index < -0.39 is 11.5 Å². The Bertz CT molecular complexity index is 759. The summed E-state index contributed by atoms with van der Waals surface area (Å²) in [6, 6.07) is 4.52. The van der Waals surface area contributed by atoms with Gasteiger partial charge in [-0.15, -0.1) is 0 Å². The second-order valence-corrected chi connectivity index (χ2v) is 6.01. The third-order valence-electron chi connectivity index (χ3n) is 3.06. The van der Waals surface area contributed by atoms with Gasteiger partial charge >= 0.3 is 5.63 Å². The van der Waals surface area contributed by atoms with Crippen LogP contribution in [0.3, 0.4) is 0 Å². The van der Waals surface area contributed by atoms with Gasteiger partial charge in [0.25, 0.3) is 5.91 Å². The van der Waals surface area contributed by atoms with E-state index >= 15 is 0 Å². The van der Waals surface area contributed by atoms with Gasteiger partial charge in [0.05, 0.1) is 5.02 Å². The third kappa shape index (κ3) is 5.11. The zero-order valence-corrected chi connectivity index (χ0v) is 14.9. The number of rotatable bonds is 5. The monoisotopic (exact) mass is 377 g/mol. The predicted octanol–water partition coefficient (Wildman–Crippen LogP) is -0.215. The summed E-state index contributed by atoms with van der Waals surface area (Å²) in [4.78, 5) is 26.0. The zero-order chi connectivity index (χ0) is 16.3. The molecular formula is C15H16Cl3N2O3-. The van der Waals surface area contributed by atoms with Crippen LogP contribution < -0.4 is 23.3 Å². The zero-order valence-electron chi connectivity index (χ0n) is 12.7. The molecule has 2 aromatic rings. The molecule has 5 nitrogen and oxygen atoms in total. The van der Waals surface area contributed by atoms with Crippen molar-refractivity contribution in [1.29, 1.82) is 0 Å². The first-order valence-corrected chi connectivity index (χ1v) is 7.50. The largest absolute Gasteiger partial charge is 1.00 e. The van der Waals surface area contributed by atoms with Crippen molar-refractivity contribution in [2.45, 2.75) is 6.42 Å². The number of nitrogens with one attached hydrogen (secondary N) is 1. The fourth-order valence-corrected chi connectivity index (χ4v) is 2.56. The van der Waals surface area contributed by atoms with Gasteiger partial charge in [0, 0.05) is 17.0 Å². The first kappa shape index (κ1) is 19.8. The Morgan fingerprint density at radius 2 is 1.96 bits per heavy atom. The number of hydrogen-bond acceptors (Lipinski definition) is 4. The Balaban J connectivity index is 0.00000264. The number of fused-ring (bicyclic) bond motifs is 1. The summed E-state index contributed by atoms with van der Waals surface area (Å²) in [6.45, 7) is 1.32. The van der Waals surface area contributed by atoms with Gasteiger partial charge in [-0.2, -0.15) is 0 Å². The van der Waals surface area contributed by atoms with E-state index in [0.717, 1.165) is 13.0 Å². The molecule has 0 unspecified atom stereocenters. The Kier molecular flexibility index (Phi) is 7.35. The first-order chi connectivity index (χ1) is 10.4. The molecule has 23 heavy (non-hydrogen) atoms. The number of halogens is 3. The summed E-state index contributed by atoms with van der Waals surface area (Å²) in [5.41, 5.74) is -0.558. The van der Waals surface area contributed by atoms with Crippen molar-refractivity contribution in [3.05, 3.63) is 44.2 Å². The summed E-state index contributed by atoms with van der Waals surface area (Å²) in [7, 11) is 3.90. The van der Waals surface area contributed by atoms with Crippen molar-refractivity contribution in [3.63, 3.8) is 0 Å². The lowest BCUT2D eigenvalue weighted by molar-refractivity contribution is -0.0000135. The molecule has 1 N–H and O–H groups in total. The highest BCUT2D eigenvalue weighted by Crippen LogP contribution is 2.27. The molecule has 126 valence electrons. The molecule has 0 saturated carbocycles. The molecule has 0 bridgehead atoms. The van der Waals surface area contributed by atoms with Gasteiger partial charge in [-0.3, -0.25) is 4.79 Å². The number of benzene rings is 1. The van der Waals surface area contributed by atoms with E-state index in [9.17, 15) is 9.59 Å². The highest BCUT2D eigenvalue weighted by atomic mass is 35.5. The molecular weight excluding hydrogens is 363 g/mol. The molecule has 8 heteroatoms. The fourth-order valence-electron chi connectivity index (χ4n) is 2.01. The molecule has 0 radical (unpaired) electrons. The van der Waals surface area contributed by atoms with Gasteiger partial charge in [0.1, 0.15) is 5.56 Å². The van der Waals surface area contributed by atoms with Gasteiger partial charge in [-0.05, 0) is 45.3 Å². The van der Waals surface area contributed by atoms with Gasteiger partial charge < -0.3 is 27.0 Å². The Morgan fingerprint density at radius 3 is 2.61 bits per heavy atom. The van der Waals surface area contributed by atoms with Crippen LogP contribution in [-0.4, -0.2) is 38.0 Å². The highest BCUT2D eigenvalue weighted by Gasteiger charge is 2.15. The van der Waals surface area contributed by atoms with Crippen LogP contribution in [0.4, 0.5) is 0 Å². The Labute approximate surface area is 149 Å². The van der Waals surface area contributed by atoms with E-state index in [1.165, 1.54) is 12.1 Å². The lowest BCUT2D eigenvalue weighted by atomic mass is 10.1. The average molecular weight is 379 g/mol. The van der Waals surface area contributed by atoms with Crippen LogP contribution in [0.2, 0.25) is 10.0 Å². The molecule has 0 aliphatic heterocycles. The predicted molar refractivity (Wildman–Crippen MR) is 88.0 cm³/mol. The third-order valence-corrected chi connectivity index (χ3v) is 3.56. The van der Waals surface area contributed by atoms with Crippen LogP contribution >= 0.6 is 23.2 Å². The van der Waals surface area contributed by atoms with E-state index in [4.69, 9.17) is 27.6 Å². The molecule has 0 fully saturated rings. The topological polar surface area (TPSA) is 62.6 Å². The molecule has 1 aromatic carbocycles. The minimum absolute atomic E-state index is 0. The molecule has 0 saturated heterocycles. The number of hydrogen-bond donors (Lipinski definition) is 1. The lowest BCUT2D eigenvalue weighted by Gasteiger charge is -2.09. The number of nitrogens with zero attached hydrogens (tertiary/aromatic N) is 1. The van der Waals surface area contributed by atoms with E-state index in [1.807, 2.05) is 19.0 Å². The minimum atomic E-state index is -0.721. The second kappa shape index (κ2) is 8.55. The summed E-state index contributed by atoms with van der Waals surface area (Å²) >= 11 is 11.9.